The summed E-state index contributed by atoms with van der Waals surface area (Å²) >= 11 is 0. The number of hydrogen-bond donors (Lipinski definition) is 1. The number of rotatable bonds is 3. The first-order valence-corrected chi connectivity index (χ1v) is 8.35. The van der Waals surface area contributed by atoms with E-state index in [4.69, 9.17) is 4.74 Å². The molecular formula is C18H22F2N2O5. The van der Waals surface area contributed by atoms with Crippen molar-refractivity contribution in [2.24, 2.45) is 0 Å². The number of nitrogens with zero attached hydrogens (tertiary/aromatic N) is 1. The fraction of sp³-hybridized carbons (Fsp3) is 0.500. The van der Waals surface area contributed by atoms with Crippen LogP contribution in [0.2, 0.25) is 0 Å². The van der Waals surface area contributed by atoms with Gasteiger partial charge >= 0.3 is 12.1 Å². The number of carbonyl (C=O) groups excluding carboxylic acids is 3. The summed E-state index contributed by atoms with van der Waals surface area (Å²) in [6.45, 7) is 4.65. The summed E-state index contributed by atoms with van der Waals surface area (Å²) in [5.74, 6) is -2.65. The van der Waals surface area contributed by atoms with E-state index in [1.807, 2.05) is 0 Å². The van der Waals surface area contributed by atoms with Gasteiger partial charge in [0.05, 0.1) is 24.9 Å². The van der Waals surface area contributed by atoms with Gasteiger partial charge in [0.2, 0.25) is 5.91 Å². The van der Waals surface area contributed by atoms with Gasteiger partial charge in [-0.2, -0.15) is 0 Å². The molecule has 27 heavy (non-hydrogen) atoms. The molecule has 0 unspecified atom stereocenters. The number of carbonyl (C=O) groups is 3. The van der Waals surface area contributed by atoms with Gasteiger partial charge in [0.25, 0.3) is 0 Å². The van der Waals surface area contributed by atoms with Gasteiger partial charge in [-0.3, -0.25) is 9.69 Å². The Hall–Kier alpha value is -2.71. The van der Waals surface area contributed by atoms with Crippen LogP contribution >= 0.6 is 0 Å². The maximum Gasteiger partial charge on any atom is 0.411 e. The quantitative estimate of drug-likeness (QED) is 0.810. The smallest absolute Gasteiger partial charge is 0.411 e. The molecule has 7 nitrogen and oxygen atoms in total. The van der Waals surface area contributed by atoms with Crippen molar-refractivity contribution in [2.45, 2.75) is 45.0 Å². The molecule has 0 saturated carbocycles. The molecule has 1 N–H and O–H groups in total. The number of amides is 2. The number of anilines is 1. The lowest BCUT2D eigenvalue weighted by Gasteiger charge is -2.27. The van der Waals surface area contributed by atoms with Gasteiger partial charge in [0.15, 0.2) is 5.82 Å². The lowest BCUT2D eigenvalue weighted by atomic mass is 10.1. The zero-order valence-electron chi connectivity index (χ0n) is 15.5. The van der Waals surface area contributed by atoms with Gasteiger partial charge in [0, 0.05) is 6.42 Å². The molecule has 1 aliphatic heterocycles. The third-order valence-corrected chi connectivity index (χ3v) is 3.84. The lowest BCUT2D eigenvalue weighted by molar-refractivity contribution is -0.120. The van der Waals surface area contributed by atoms with Crippen molar-refractivity contribution in [1.82, 2.24) is 4.90 Å². The summed E-state index contributed by atoms with van der Waals surface area (Å²) in [6, 6.07) is 2.66. The topological polar surface area (TPSA) is 84.9 Å². The summed E-state index contributed by atoms with van der Waals surface area (Å²) in [4.78, 5) is 37.3. The molecule has 0 spiro atoms. The van der Waals surface area contributed by atoms with E-state index in [0.29, 0.717) is 0 Å². The molecule has 0 bridgehead atoms. The molecule has 2 atom stereocenters. The highest BCUT2D eigenvalue weighted by Gasteiger charge is 2.42. The third-order valence-electron chi connectivity index (χ3n) is 3.84. The summed E-state index contributed by atoms with van der Waals surface area (Å²) in [7, 11) is 1.10. The first-order chi connectivity index (χ1) is 12.5. The largest absolute Gasteiger partial charge is 0.465 e. The van der Waals surface area contributed by atoms with Crippen molar-refractivity contribution in [1.29, 1.82) is 0 Å². The highest BCUT2D eigenvalue weighted by Crippen LogP contribution is 2.26. The Morgan fingerprint density at radius 1 is 1.26 bits per heavy atom. The van der Waals surface area contributed by atoms with E-state index in [1.54, 1.807) is 20.8 Å². The van der Waals surface area contributed by atoms with Gasteiger partial charge in [-0.05, 0) is 32.9 Å². The number of methoxy groups -OCH3 is 1. The number of ether oxygens (including phenoxy) is 2. The average molecular weight is 384 g/mol. The highest BCUT2D eigenvalue weighted by molar-refractivity contribution is 5.98. The zero-order valence-corrected chi connectivity index (χ0v) is 15.5. The number of esters is 1. The van der Waals surface area contributed by atoms with E-state index >= 15 is 0 Å². The SMILES string of the molecule is COC(=O)c1cccc(NC(=O)[C@H]2C[C@@H](F)CN2C(=O)OC(C)(C)C)c1F. The Bertz CT molecular complexity index is 748. The van der Waals surface area contributed by atoms with Crippen molar-refractivity contribution >= 4 is 23.7 Å². The van der Waals surface area contributed by atoms with Crippen LogP contribution in [0.5, 0.6) is 0 Å². The van der Waals surface area contributed by atoms with Crippen LogP contribution in [0.3, 0.4) is 0 Å². The minimum atomic E-state index is -1.40. The van der Waals surface area contributed by atoms with E-state index in [-0.39, 0.29) is 24.2 Å². The fourth-order valence-electron chi connectivity index (χ4n) is 2.67. The predicted molar refractivity (Wildman–Crippen MR) is 92.6 cm³/mol. The monoisotopic (exact) mass is 384 g/mol. The van der Waals surface area contributed by atoms with Crippen molar-refractivity contribution < 1.29 is 32.6 Å². The number of likely N-dealkylation sites (tertiary alicyclic amines) is 1. The van der Waals surface area contributed by atoms with Crippen molar-refractivity contribution in [3.05, 3.63) is 29.6 Å². The second-order valence-electron chi connectivity index (χ2n) is 7.13. The second-order valence-corrected chi connectivity index (χ2v) is 7.13. The van der Waals surface area contributed by atoms with Gasteiger partial charge in [0.1, 0.15) is 17.8 Å². The molecular weight excluding hydrogens is 362 g/mol. The van der Waals surface area contributed by atoms with Gasteiger partial charge in [-0.15, -0.1) is 0 Å². The molecule has 1 aromatic rings. The lowest BCUT2D eigenvalue weighted by Crippen LogP contribution is -2.45. The molecule has 1 aliphatic rings. The highest BCUT2D eigenvalue weighted by atomic mass is 19.1. The molecule has 2 rings (SSSR count). The molecule has 0 aromatic heterocycles. The van der Waals surface area contributed by atoms with Crippen LogP contribution in [0.4, 0.5) is 19.3 Å². The van der Waals surface area contributed by atoms with Crippen molar-refractivity contribution in [2.75, 3.05) is 19.0 Å². The molecule has 148 valence electrons. The standard InChI is InChI=1S/C18H22F2N2O5/c1-18(2,3)27-17(25)22-9-10(19)8-13(22)15(23)21-12-7-5-6-11(14(12)20)16(24)26-4/h5-7,10,13H,8-9H2,1-4H3,(H,21,23)/t10-,13-/m1/s1. The van der Waals surface area contributed by atoms with Crippen LogP contribution in [-0.4, -0.2) is 54.3 Å². The summed E-state index contributed by atoms with van der Waals surface area (Å²) < 4.78 is 37.9. The maximum absolute atomic E-state index is 14.4. The van der Waals surface area contributed by atoms with Crippen molar-refractivity contribution in [3.63, 3.8) is 0 Å². The third kappa shape index (κ3) is 4.93. The summed E-state index contributed by atoms with van der Waals surface area (Å²) in [5, 5.41) is 2.30. The Kier molecular flexibility index (Phi) is 6.02. The van der Waals surface area contributed by atoms with Crippen molar-refractivity contribution in [3.8, 4) is 0 Å². The number of nitrogens with one attached hydrogen (secondary N) is 1. The zero-order chi connectivity index (χ0) is 20.4. The normalized spacial score (nSPS) is 19.6. The van der Waals surface area contributed by atoms with E-state index < -0.39 is 41.6 Å². The number of halogens is 2. The van der Waals surface area contributed by atoms with Gasteiger partial charge < -0.3 is 14.8 Å². The fourth-order valence-corrected chi connectivity index (χ4v) is 2.67. The first kappa shape index (κ1) is 20.6. The van der Waals surface area contributed by atoms with Crippen LogP contribution in [-0.2, 0) is 14.3 Å². The molecule has 1 aromatic carbocycles. The Morgan fingerprint density at radius 2 is 1.93 bits per heavy atom. The molecule has 1 fully saturated rings. The van der Waals surface area contributed by atoms with Gasteiger partial charge in [-0.25, -0.2) is 18.4 Å². The predicted octanol–water partition coefficient (Wildman–Crippen LogP) is 2.90. The summed E-state index contributed by atoms with van der Waals surface area (Å²) in [5.41, 5.74) is -1.43. The molecule has 1 saturated heterocycles. The minimum absolute atomic E-state index is 0.233. The van der Waals surface area contributed by atoms with Gasteiger partial charge in [-0.1, -0.05) is 6.07 Å². The molecule has 1 heterocycles. The minimum Gasteiger partial charge on any atom is -0.465 e. The number of hydrogen-bond acceptors (Lipinski definition) is 5. The summed E-state index contributed by atoms with van der Waals surface area (Å²) in [6.07, 6.45) is -2.46. The Balaban J connectivity index is 2.19. The van der Waals surface area contributed by atoms with Crippen LogP contribution in [0, 0.1) is 5.82 Å². The van der Waals surface area contributed by atoms with E-state index in [9.17, 15) is 23.2 Å². The molecule has 0 radical (unpaired) electrons. The Morgan fingerprint density at radius 3 is 2.52 bits per heavy atom. The van der Waals surface area contributed by atoms with Crippen LogP contribution in [0.1, 0.15) is 37.6 Å². The Labute approximate surface area is 155 Å². The molecule has 2 amide bonds. The maximum atomic E-state index is 14.4. The van der Waals surface area contributed by atoms with E-state index in [0.717, 1.165) is 12.0 Å². The molecule has 9 heteroatoms. The average Bonchev–Trinajstić information content (AvgIpc) is 2.96. The van der Waals surface area contributed by atoms with Crippen LogP contribution in [0.15, 0.2) is 18.2 Å². The first-order valence-electron chi connectivity index (χ1n) is 8.35. The van der Waals surface area contributed by atoms with E-state index in [2.05, 4.69) is 10.1 Å². The number of benzene rings is 1. The van der Waals surface area contributed by atoms with E-state index in [1.165, 1.54) is 18.2 Å². The number of alkyl halides is 1. The second kappa shape index (κ2) is 7.89. The molecule has 0 aliphatic carbocycles. The van der Waals surface area contributed by atoms with Crippen LogP contribution < -0.4 is 5.32 Å². The van der Waals surface area contributed by atoms with Crippen LogP contribution in [0.25, 0.3) is 0 Å².